The van der Waals surface area contributed by atoms with Crippen molar-refractivity contribution in [3.8, 4) is 0 Å². The number of carbonyl (C=O) groups excluding carboxylic acids is 1. The minimum absolute atomic E-state index is 0.0211. The monoisotopic (exact) mass is 479 g/mol. The maximum atomic E-state index is 12.9. The molecule has 180 valence electrons. The highest BCUT2D eigenvalue weighted by Gasteiger charge is 2.24. The van der Waals surface area contributed by atoms with Crippen molar-refractivity contribution < 1.29 is 9.53 Å². The van der Waals surface area contributed by atoms with Crippen LogP contribution < -0.4 is 10.2 Å². The number of nitrogens with zero attached hydrogens (tertiary/aromatic N) is 4. The Hall–Kier alpha value is -2.84. The number of thioether (sulfide) groups is 1. The number of amides is 1. The van der Waals surface area contributed by atoms with Gasteiger partial charge in [-0.2, -0.15) is 0 Å². The van der Waals surface area contributed by atoms with Gasteiger partial charge in [-0.3, -0.25) is 9.36 Å². The topological polar surface area (TPSA) is 72.3 Å². The molecule has 1 aromatic heterocycles. The maximum Gasteiger partial charge on any atom is 0.233 e. The van der Waals surface area contributed by atoms with Gasteiger partial charge in [0.2, 0.25) is 11.9 Å². The van der Waals surface area contributed by atoms with E-state index < -0.39 is 0 Å². The first-order chi connectivity index (χ1) is 16.6. The van der Waals surface area contributed by atoms with E-state index in [4.69, 9.17) is 4.74 Å². The van der Waals surface area contributed by atoms with Crippen LogP contribution in [0.1, 0.15) is 31.4 Å². The largest absolute Gasteiger partial charge is 0.378 e. The van der Waals surface area contributed by atoms with Crippen LogP contribution in [-0.2, 0) is 22.5 Å². The van der Waals surface area contributed by atoms with Crippen molar-refractivity contribution in [2.45, 2.75) is 49.7 Å². The molecule has 0 radical (unpaired) electrons. The number of hydrogen-bond donors (Lipinski definition) is 1. The first-order valence-electron chi connectivity index (χ1n) is 11.9. The van der Waals surface area contributed by atoms with E-state index in [1.807, 2.05) is 43.3 Å². The fourth-order valence-electron chi connectivity index (χ4n) is 3.94. The number of ether oxygens (including phenoxy) is 1. The average molecular weight is 480 g/mol. The van der Waals surface area contributed by atoms with E-state index in [0.29, 0.717) is 19.8 Å². The van der Waals surface area contributed by atoms with Gasteiger partial charge in [0.05, 0.1) is 25.0 Å². The lowest BCUT2D eigenvalue weighted by Crippen LogP contribution is -2.38. The standard InChI is InChI=1S/C26H33N5O2S/c1-20(13-14-22-9-5-3-6-10-22)27-24(32)21(2)34-26-29-28-25(30-15-17-33-18-16-30)31(26)19-23-11-7-4-8-12-23/h3-12,20-21H,13-19H2,1-2H3,(H,27,32)/t20-,21+/m0/s1. The molecule has 0 bridgehead atoms. The third kappa shape index (κ3) is 6.61. The fourth-order valence-corrected chi connectivity index (χ4v) is 4.79. The highest BCUT2D eigenvalue weighted by atomic mass is 32.2. The van der Waals surface area contributed by atoms with E-state index in [1.54, 1.807) is 0 Å². The summed E-state index contributed by atoms with van der Waals surface area (Å²) in [6, 6.07) is 20.8. The summed E-state index contributed by atoms with van der Waals surface area (Å²) in [5.41, 5.74) is 2.46. The van der Waals surface area contributed by atoms with Gasteiger partial charge in [-0.15, -0.1) is 10.2 Å². The molecule has 1 saturated heterocycles. The number of carbonyl (C=O) groups is 1. The Labute approximate surface area is 205 Å². The molecular weight excluding hydrogens is 446 g/mol. The second-order valence-electron chi connectivity index (χ2n) is 8.65. The Balaban J connectivity index is 1.41. The van der Waals surface area contributed by atoms with Crippen LogP contribution in [0.2, 0.25) is 0 Å². The van der Waals surface area contributed by atoms with Crippen molar-refractivity contribution in [1.29, 1.82) is 0 Å². The zero-order valence-electron chi connectivity index (χ0n) is 19.9. The minimum atomic E-state index is -0.282. The van der Waals surface area contributed by atoms with Gasteiger partial charge < -0.3 is 15.0 Å². The lowest BCUT2D eigenvalue weighted by molar-refractivity contribution is -0.120. The van der Waals surface area contributed by atoms with Crippen LogP contribution in [0.3, 0.4) is 0 Å². The van der Waals surface area contributed by atoms with Gasteiger partial charge in [-0.05, 0) is 37.8 Å². The number of anilines is 1. The number of hydrogen-bond acceptors (Lipinski definition) is 6. The number of morpholine rings is 1. The molecule has 7 nitrogen and oxygen atoms in total. The highest BCUT2D eigenvalue weighted by molar-refractivity contribution is 8.00. The lowest BCUT2D eigenvalue weighted by atomic mass is 10.1. The van der Waals surface area contributed by atoms with Crippen molar-refractivity contribution in [3.05, 3.63) is 71.8 Å². The summed E-state index contributed by atoms with van der Waals surface area (Å²) in [6.07, 6.45) is 1.84. The van der Waals surface area contributed by atoms with Gasteiger partial charge in [0.1, 0.15) is 0 Å². The van der Waals surface area contributed by atoms with Crippen molar-refractivity contribution in [2.75, 3.05) is 31.2 Å². The molecule has 0 aliphatic carbocycles. The molecule has 1 amide bonds. The second-order valence-corrected chi connectivity index (χ2v) is 9.96. The molecule has 8 heteroatoms. The summed E-state index contributed by atoms with van der Waals surface area (Å²) in [5, 5.41) is 12.6. The van der Waals surface area contributed by atoms with Crippen molar-refractivity contribution in [3.63, 3.8) is 0 Å². The summed E-state index contributed by atoms with van der Waals surface area (Å²) in [7, 11) is 0. The van der Waals surface area contributed by atoms with Gasteiger partial charge in [0.15, 0.2) is 5.16 Å². The zero-order valence-corrected chi connectivity index (χ0v) is 20.7. The quantitative estimate of drug-likeness (QED) is 0.446. The molecule has 1 fully saturated rings. The molecule has 1 N–H and O–H groups in total. The SMILES string of the molecule is C[C@@H](CCc1ccccc1)NC(=O)[C@@H](C)Sc1nnc(N2CCOCC2)n1Cc1ccccc1. The molecule has 34 heavy (non-hydrogen) atoms. The fraction of sp³-hybridized carbons (Fsp3) is 0.423. The Morgan fingerprint density at radius 2 is 1.65 bits per heavy atom. The molecule has 0 saturated carbocycles. The Morgan fingerprint density at radius 1 is 1.00 bits per heavy atom. The summed E-state index contributed by atoms with van der Waals surface area (Å²) < 4.78 is 7.63. The van der Waals surface area contributed by atoms with Crippen LogP contribution in [0, 0.1) is 0 Å². The maximum absolute atomic E-state index is 12.9. The summed E-state index contributed by atoms with van der Waals surface area (Å²) in [6.45, 7) is 7.58. The van der Waals surface area contributed by atoms with Crippen LogP contribution in [-0.4, -0.2) is 58.3 Å². The number of aromatic nitrogens is 3. The molecule has 1 aliphatic rings. The van der Waals surface area contributed by atoms with E-state index in [2.05, 4.69) is 56.2 Å². The van der Waals surface area contributed by atoms with Crippen molar-refractivity contribution in [1.82, 2.24) is 20.1 Å². The molecule has 0 unspecified atom stereocenters. The normalized spacial score (nSPS) is 15.6. The van der Waals surface area contributed by atoms with E-state index in [-0.39, 0.29) is 17.2 Å². The van der Waals surface area contributed by atoms with Crippen molar-refractivity contribution >= 4 is 23.6 Å². The first kappa shape index (κ1) is 24.3. The Bertz CT molecular complexity index is 1040. The van der Waals surface area contributed by atoms with Crippen LogP contribution in [0.15, 0.2) is 65.8 Å². The molecule has 2 aromatic carbocycles. The summed E-state index contributed by atoms with van der Waals surface area (Å²) in [4.78, 5) is 15.1. The number of benzene rings is 2. The average Bonchev–Trinajstić information content (AvgIpc) is 3.26. The van der Waals surface area contributed by atoms with Crippen LogP contribution in [0.5, 0.6) is 0 Å². The number of nitrogens with one attached hydrogen (secondary N) is 1. The van der Waals surface area contributed by atoms with Gasteiger partial charge >= 0.3 is 0 Å². The Kier molecular flexibility index (Phi) is 8.60. The number of aryl methyl sites for hydroxylation is 1. The van der Waals surface area contributed by atoms with Crippen molar-refractivity contribution in [2.24, 2.45) is 0 Å². The minimum Gasteiger partial charge on any atom is -0.378 e. The van der Waals surface area contributed by atoms with E-state index in [0.717, 1.165) is 37.0 Å². The van der Waals surface area contributed by atoms with Crippen LogP contribution >= 0.6 is 11.8 Å². The number of rotatable bonds is 10. The van der Waals surface area contributed by atoms with E-state index in [9.17, 15) is 4.79 Å². The molecule has 3 aromatic rings. The van der Waals surface area contributed by atoms with Gasteiger partial charge in [-0.25, -0.2) is 0 Å². The third-order valence-corrected chi connectivity index (χ3v) is 7.00. The summed E-state index contributed by atoms with van der Waals surface area (Å²) in [5.74, 6) is 0.853. The highest BCUT2D eigenvalue weighted by Crippen LogP contribution is 2.27. The molecule has 0 spiro atoms. The summed E-state index contributed by atoms with van der Waals surface area (Å²) >= 11 is 1.46. The van der Waals surface area contributed by atoms with Crippen LogP contribution in [0.4, 0.5) is 5.95 Å². The zero-order chi connectivity index (χ0) is 23.8. The van der Waals surface area contributed by atoms with E-state index >= 15 is 0 Å². The predicted octanol–water partition coefficient (Wildman–Crippen LogP) is 3.78. The van der Waals surface area contributed by atoms with E-state index in [1.165, 1.54) is 22.9 Å². The smallest absolute Gasteiger partial charge is 0.233 e. The molecule has 1 aliphatic heterocycles. The lowest BCUT2D eigenvalue weighted by Gasteiger charge is -2.28. The van der Waals surface area contributed by atoms with Gasteiger partial charge in [0.25, 0.3) is 0 Å². The molecule has 2 atom stereocenters. The van der Waals surface area contributed by atoms with Gasteiger partial charge in [0, 0.05) is 19.1 Å². The molecular formula is C26H33N5O2S. The predicted molar refractivity (Wildman–Crippen MR) is 136 cm³/mol. The molecule has 4 rings (SSSR count). The molecule has 2 heterocycles. The van der Waals surface area contributed by atoms with Gasteiger partial charge in [-0.1, -0.05) is 72.4 Å². The second kappa shape index (κ2) is 12.0. The van der Waals surface area contributed by atoms with Crippen LogP contribution in [0.25, 0.3) is 0 Å². The third-order valence-electron chi connectivity index (χ3n) is 5.92. The first-order valence-corrected chi connectivity index (χ1v) is 12.8. The Morgan fingerprint density at radius 3 is 2.32 bits per heavy atom.